The molecule has 1 fully saturated rings. The summed E-state index contributed by atoms with van der Waals surface area (Å²) in [6.07, 6.45) is 2.17. The molecule has 0 bridgehead atoms. The van der Waals surface area contributed by atoms with Gasteiger partial charge < -0.3 is 15.2 Å². The Hall–Kier alpha value is -1.26. The summed E-state index contributed by atoms with van der Waals surface area (Å²) in [5.74, 6) is 1.75. The van der Waals surface area contributed by atoms with Crippen molar-refractivity contribution in [1.82, 2.24) is 4.90 Å². The molecule has 2 rings (SSSR count). The zero-order chi connectivity index (χ0) is 13.8. The number of rotatable bonds is 5. The first-order chi connectivity index (χ1) is 9.21. The molecule has 0 amide bonds. The molecular weight excluding hydrogens is 240 g/mol. The number of nitrogens with two attached hydrogens (primary N) is 1. The number of hydrogen-bond donors (Lipinski definition) is 1. The van der Waals surface area contributed by atoms with Crippen LogP contribution < -0.4 is 15.2 Å². The Balaban J connectivity index is 2.36. The maximum absolute atomic E-state index is 6.31. The molecule has 0 radical (unpaired) electrons. The summed E-state index contributed by atoms with van der Waals surface area (Å²) in [5, 5.41) is 0. The van der Waals surface area contributed by atoms with Crippen molar-refractivity contribution >= 4 is 0 Å². The molecule has 106 valence electrons. The highest BCUT2D eigenvalue weighted by atomic mass is 16.5. The molecule has 4 nitrogen and oxygen atoms in total. The average molecular weight is 264 g/mol. The van der Waals surface area contributed by atoms with E-state index in [1.807, 2.05) is 12.1 Å². The molecule has 0 aliphatic carbocycles. The Morgan fingerprint density at radius 3 is 2.74 bits per heavy atom. The van der Waals surface area contributed by atoms with Crippen LogP contribution >= 0.6 is 0 Å². The van der Waals surface area contributed by atoms with Crippen LogP contribution in [0.15, 0.2) is 18.2 Å². The van der Waals surface area contributed by atoms with Gasteiger partial charge in [-0.25, -0.2) is 0 Å². The van der Waals surface area contributed by atoms with Crippen LogP contribution in [0.5, 0.6) is 11.5 Å². The molecule has 1 aliphatic rings. The Bertz CT molecular complexity index is 421. The van der Waals surface area contributed by atoms with Gasteiger partial charge in [0.25, 0.3) is 0 Å². The lowest BCUT2D eigenvalue weighted by atomic mass is 9.99. The highest BCUT2D eigenvalue weighted by Gasteiger charge is 2.34. The molecule has 2 unspecified atom stereocenters. The first-order valence-corrected chi connectivity index (χ1v) is 6.92. The van der Waals surface area contributed by atoms with Crippen molar-refractivity contribution in [2.45, 2.75) is 31.8 Å². The van der Waals surface area contributed by atoms with Crippen LogP contribution in [0.1, 0.15) is 31.4 Å². The minimum atomic E-state index is 0.160. The Kier molecular flexibility index (Phi) is 4.66. The lowest BCUT2D eigenvalue weighted by molar-refractivity contribution is 0.242. The number of benzene rings is 1. The van der Waals surface area contributed by atoms with E-state index in [2.05, 4.69) is 17.9 Å². The molecule has 4 heteroatoms. The Labute approximate surface area is 115 Å². The molecule has 2 N–H and O–H groups in total. The van der Waals surface area contributed by atoms with Gasteiger partial charge in [0, 0.05) is 18.2 Å². The predicted molar refractivity (Wildman–Crippen MR) is 76.7 cm³/mol. The first kappa shape index (κ1) is 14.2. The summed E-state index contributed by atoms with van der Waals surface area (Å²) in [4.78, 5) is 2.45. The van der Waals surface area contributed by atoms with E-state index >= 15 is 0 Å². The number of likely N-dealkylation sites (tertiary alicyclic amines) is 1. The standard InChI is InChI=1S/C15H24N2O2/c1-4-8-17-9-7-13(16)15(17)12-10-11(18-2)5-6-14(12)19-3/h5-6,10,13,15H,4,7-9,16H2,1-3H3. The molecule has 1 heterocycles. The maximum atomic E-state index is 6.31. The fourth-order valence-electron chi connectivity index (χ4n) is 2.92. The summed E-state index contributed by atoms with van der Waals surface area (Å²) in [6, 6.07) is 6.32. The van der Waals surface area contributed by atoms with Gasteiger partial charge in [-0.15, -0.1) is 0 Å². The Morgan fingerprint density at radius 1 is 1.32 bits per heavy atom. The third kappa shape index (κ3) is 2.85. The van der Waals surface area contributed by atoms with E-state index in [1.165, 1.54) is 0 Å². The summed E-state index contributed by atoms with van der Waals surface area (Å²) in [7, 11) is 3.39. The van der Waals surface area contributed by atoms with E-state index in [4.69, 9.17) is 15.2 Å². The molecule has 1 aromatic carbocycles. The van der Waals surface area contributed by atoms with Gasteiger partial charge in [-0.1, -0.05) is 6.92 Å². The van der Waals surface area contributed by atoms with Crippen LogP contribution in [0.2, 0.25) is 0 Å². The smallest absolute Gasteiger partial charge is 0.123 e. The summed E-state index contributed by atoms with van der Waals surface area (Å²) in [5.41, 5.74) is 7.45. The van der Waals surface area contributed by atoms with Crippen molar-refractivity contribution in [3.8, 4) is 11.5 Å². The van der Waals surface area contributed by atoms with Crippen LogP contribution in [-0.2, 0) is 0 Å². The number of hydrogen-bond acceptors (Lipinski definition) is 4. The third-order valence-corrected chi connectivity index (χ3v) is 3.81. The highest BCUT2D eigenvalue weighted by molar-refractivity contribution is 5.43. The maximum Gasteiger partial charge on any atom is 0.123 e. The molecule has 19 heavy (non-hydrogen) atoms. The molecule has 1 aromatic rings. The summed E-state index contributed by atoms with van der Waals surface area (Å²) >= 11 is 0. The minimum Gasteiger partial charge on any atom is -0.497 e. The van der Waals surface area contributed by atoms with Gasteiger partial charge in [-0.2, -0.15) is 0 Å². The second kappa shape index (κ2) is 6.26. The monoisotopic (exact) mass is 264 g/mol. The van der Waals surface area contributed by atoms with E-state index < -0.39 is 0 Å². The SMILES string of the molecule is CCCN1CCC(N)C1c1cc(OC)ccc1OC. The second-order valence-corrected chi connectivity index (χ2v) is 5.04. The van der Waals surface area contributed by atoms with Gasteiger partial charge in [0.2, 0.25) is 0 Å². The van der Waals surface area contributed by atoms with Gasteiger partial charge in [-0.3, -0.25) is 4.90 Å². The molecule has 2 atom stereocenters. The van der Waals surface area contributed by atoms with Gasteiger partial charge in [0.1, 0.15) is 11.5 Å². The van der Waals surface area contributed by atoms with Crippen LogP contribution in [0.25, 0.3) is 0 Å². The number of ether oxygens (including phenoxy) is 2. The summed E-state index contributed by atoms with van der Waals surface area (Å²) < 4.78 is 10.8. The van der Waals surface area contributed by atoms with Gasteiger partial charge in [0.15, 0.2) is 0 Å². The lowest BCUT2D eigenvalue weighted by Gasteiger charge is -2.28. The van der Waals surface area contributed by atoms with E-state index in [-0.39, 0.29) is 12.1 Å². The molecular formula is C15H24N2O2. The predicted octanol–water partition coefficient (Wildman–Crippen LogP) is 2.19. The quantitative estimate of drug-likeness (QED) is 0.885. The number of nitrogens with zero attached hydrogens (tertiary/aromatic N) is 1. The van der Waals surface area contributed by atoms with E-state index in [1.54, 1.807) is 14.2 Å². The van der Waals surface area contributed by atoms with Gasteiger partial charge in [0.05, 0.1) is 20.3 Å². The minimum absolute atomic E-state index is 0.160. The van der Waals surface area contributed by atoms with Crippen LogP contribution in [0.3, 0.4) is 0 Å². The summed E-state index contributed by atoms with van der Waals surface area (Å²) in [6.45, 7) is 4.32. The molecule has 0 aromatic heterocycles. The van der Waals surface area contributed by atoms with Crippen molar-refractivity contribution < 1.29 is 9.47 Å². The lowest BCUT2D eigenvalue weighted by Crippen LogP contribution is -2.32. The number of methoxy groups -OCH3 is 2. The van der Waals surface area contributed by atoms with Crippen molar-refractivity contribution in [1.29, 1.82) is 0 Å². The van der Waals surface area contributed by atoms with E-state index in [9.17, 15) is 0 Å². The van der Waals surface area contributed by atoms with Crippen molar-refractivity contribution in [2.75, 3.05) is 27.3 Å². The van der Waals surface area contributed by atoms with Crippen LogP contribution in [0.4, 0.5) is 0 Å². The fraction of sp³-hybridized carbons (Fsp3) is 0.600. The van der Waals surface area contributed by atoms with Crippen molar-refractivity contribution in [3.63, 3.8) is 0 Å². The van der Waals surface area contributed by atoms with Crippen molar-refractivity contribution in [3.05, 3.63) is 23.8 Å². The topological polar surface area (TPSA) is 47.7 Å². The van der Waals surface area contributed by atoms with Gasteiger partial charge >= 0.3 is 0 Å². The van der Waals surface area contributed by atoms with Gasteiger partial charge in [-0.05, 0) is 37.6 Å². The van der Waals surface area contributed by atoms with Crippen LogP contribution in [-0.4, -0.2) is 38.3 Å². The third-order valence-electron chi connectivity index (χ3n) is 3.81. The molecule has 1 saturated heterocycles. The first-order valence-electron chi connectivity index (χ1n) is 6.92. The second-order valence-electron chi connectivity index (χ2n) is 5.04. The molecule has 0 spiro atoms. The Morgan fingerprint density at radius 2 is 2.11 bits per heavy atom. The van der Waals surface area contributed by atoms with Crippen molar-refractivity contribution in [2.24, 2.45) is 5.73 Å². The highest BCUT2D eigenvalue weighted by Crippen LogP contribution is 2.38. The molecule has 0 saturated carbocycles. The fourth-order valence-corrected chi connectivity index (χ4v) is 2.92. The van der Waals surface area contributed by atoms with Crippen LogP contribution in [0, 0.1) is 0 Å². The van der Waals surface area contributed by atoms with E-state index in [0.29, 0.717) is 0 Å². The molecule has 1 aliphatic heterocycles. The normalized spacial score (nSPS) is 23.6. The largest absolute Gasteiger partial charge is 0.497 e. The zero-order valence-corrected chi connectivity index (χ0v) is 12.1. The zero-order valence-electron chi connectivity index (χ0n) is 12.1. The van der Waals surface area contributed by atoms with E-state index in [0.717, 1.165) is 43.0 Å². The average Bonchev–Trinajstić information content (AvgIpc) is 2.79.